The van der Waals surface area contributed by atoms with Gasteiger partial charge in [0, 0.05) is 11.5 Å². The highest BCUT2D eigenvalue weighted by atomic mass is 16.5. The number of aromatic carboxylic acids is 1. The molecule has 6 nitrogen and oxygen atoms in total. The maximum absolute atomic E-state index is 11.0. The minimum Gasteiger partial charge on any atom is -0.493 e. The summed E-state index contributed by atoms with van der Waals surface area (Å²) >= 11 is 0. The molecule has 98 valence electrons. The molecular weight excluding hydrogens is 250 g/mol. The molecule has 1 aromatic heterocycles. The zero-order chi connectivity index (χ0) is 14.0. The maximum Gasteiger partial charge on any atom is 0.338 e. The SMILES string of the molecule is COc1cc2cc(C(=O)O)c(C=O)nc2cc1OC. The van der Waals surface area contributed by atoms with E-state index in [1.54, 1.807) is 12.1 Å². The summed E-state index contributed by atoms with van der Waals surface area (Å²) in [5.41, 5.74) is 0.201. The number of benzene rings is 1. The van der Waals surface area contributed by atoms with E-state index in [1.165, 1.54) is 20.3 Å². The van der Waals surface area contributed by atoms with Crippen LogP contribution in [-0.4, -0.2) is 36.6 Å². The van der Waals surface area contributed by atoms with Gasteiger partial charge in [0.2, 0.25) is 0 Å². The summed E-state index contributed by atoms with van der Waals surface area (Å²) < 4.78 is 10.3. The van der Waals surface area contributed by atoms with Gasteiger partial charge in [-0.05, 0) is 12.1 Å². The lowest BCUT2D eigenvalue weighted by molar-refractivity contribution is 0.0693. The number of carbonyl (C=O) groups is 2. The van der Waals surface area contributed by atoms with Gasteiger partial charge in [-0.3, -0.25) is 4.79 Å². The number of hydrogen-bond donors (Lipinski definition) is 1. The van der Waals surface area contributed by atoms with Crippen molar-refractivity contribution in [1.29, 1.82) is 0 Å². The van der Waals surface area contributed by atoms with Crippen LogP contribution in [0.15, 0.2) is 18.2 Å². The smallest absolute Gasteiger partial charge is 0.338 e. The van der Waals surface area contributed by atoms with Crippen LogP contribution in [-0.2, 0) is 0 Å². The van der Waals surface area contributed by atoms with E-state index < -0.39 is 5.97 Å². The molecule has 0 fully saturated rings. The second kappa shape index (κ2) is 4.93. The van der Waals surface area contributed by atoms with Crippen LogP contribution in [0, 0.1) is 0 Å². The molecule has 0 bridgehead atoms. The number of aldehydes is 1. The van der Waals surface area contributed by atoms with Gasteiger partial charge in [-0.25, -0.2) is 9.78 Å². The van der Waals surface area contributed by atoms with Gasteiger partial charge < -0.3 is 14.6 Å². The lowest BCUT2D eigenvalue weighted by atomic mass is 10.1. The summed E-state index contributed by atoms with van der Waals surface area (Å²) in [5, 5.41) is 9.58. The first-order chi connectivity index (χ1) is 9.10. The number of ether oxygens (including phenoxy) is 2. The molecule has 2 aromatic rings. The Hall–Kier alpha value is -2.63. The van der Waals surface area contributed by atoms with Crippen molar-refractivity contribution in [1.82, 2.24) is 4.98 Å². The summed E-state index contributed by atoms with van der Waals surface area (Å²) in [6.45, 7) is 0. The minimum absolute atomic E-state index is 0.118. The summed E-state index contributed by atoms with van der Waals surface area (Å²) in [6, 6.07) is 4.59. The molecule has 0 aliphatic rings. The van der Waals surface area contributed by atoms with Crippen molar-refractivity contribution in [3.05, 3.63) is 29.5 Å². The van der Waals surface area contributed by atoms with Crippen molar-refractivity contribution in [2.75, 3.05) is 14.2 Å². The van der Waals surface area contributed by atoms with E-state index in [2.05, 4.69) is 4.98 Å². The predicted molar refractivity (Wildman–Crippen MR) is 67.2 cm³/mol. The number of hydrogen-bond acceptors (Lipinski definition) is 5. The van der Waals surface area contributed by atoms with E-state index in [1.807, 2.05) is 0 Å². The number of carboxylic acids is 1. The molecule has 0 unspecified atom stereocenters. The van der Waals surface area contributed by atoms with Crippen LogP contribution >= 0.6 is 0 Å². The number of carbonyl (C=O) groups excluding carboxylic acids is 1. The first kappa shape index (κ1) is 12.8. The topological polar surface area (TPSA) is 85.7 Å². The van der Waals surface area contributed by atoms with E-state index in [0.29, 0.717) is 28.7 Å². The molecule has 0 saturated carbocycles. The first-order valence-corrected chi connectivity index (χ1v) is 5.36. The minimum atomic E-state index is -1.20. The van der Waals surface area contributed by atoms with Gasteiger partial charge in [-0.2, -0.15) is 0 Å². The summed E-state index contributed by atoms with van der Waals surface area (Å²) in [7, 11) is 2.96. The van der Waals surface area contributed by atoms with Crippen molar-refractivity contribution in [2.24, 2.45) is 0 Å². The second-order valence-electron chi connectivity index (χ2n) is 3.74. The van der Waals surface area contributed by atoms with Gasteiger partial charge in [0.1, 0.15) is 5.69 Å². The number of methoxy groups -OCH3 is 2. The number of nitrogens with zero attached hydrogens (tertiary/aromatic N) is 1. The normalized spacial score (nSPS) is 10.2. The van der Waals surface area contributed by atoms with Crippen molar-refractivity contribution in [3.63, 3.8) is 0 Å². The van der Waals surface area contributed by atoms with Crippen LogP contribution in [0.3, 0.4) is 0 Å². The van der Waals surface area contributed by atoms with Gasteiger partial charge in [-0.15, -0.1) is 0 Å². The molecule has 0 radical (unpaired) electrons. The predicted octanol–water partition coefficient (Wildman–Crippen LogP) is 1.76. The average molecular weight is 261 g/mol. The molecule has 1 N–H and O–H groups in total. The largest absolute Gasteiger partial charge is 0.493 e. The summed E-state index contributed by atoms with van der Waals surface area (Å²) in [6.07, 6.45) is 0.416. The van der Waals surface area contributed by atoms with Crippen molar-refractivity contribution < 1.29 is 24.2 Å². The summed E-state index contributed by atoms with van der Waals surface area (Å²) in [5.74, 6) is -0.277. The molecule has 0 spiro atoms. The Labute approximate surface area is 108 Å². The lowest BCUT2D eigenvalue weighted by Crippen LogP contribution is -2.04. The molecule has 0 saturated heterocycles. The molecule has 0 aliphatic carbocycles. The quantitative estimate of drug-likeness (QED) is 0.844. The van der Waals surface area contributed by atoms with Crippen LogP contribution in [0.1, 0.15) is 20.8 Å². The van der Waals surface area contributed by atoms with E-state index in [4.69, 9.17) is 14.6 Å². The highest BCUT2D eigenvalue weighted by Gasteiger charge is 2.15. The fourth-order valence-electron chi connectivity index (χ4n) is 1.78. The number of pyridine rings is 1. The van der Waals surface area contributed by atoms with Gasteiger partial charge in [0.25, 0.3) is 0 Å². The molecule has 1 heterocycles. The van der Waals surface area contributed by atoms with Crippen molar-refractivity contribution >= 4 is 23.2 Å². The van der Waals surface area contributed by atoms with Crippen LogP contribution in [0.5, 0.6) is 11.5 Å². The molecule has 0 amide bonds. The maximum atomic E-state index is 11.0. The molecular formula is C13H11NO5. The highest BCUT2D eigenvalue weighted by Crippen LogP contribution is 2.32. The number of aromatic nitrogens is 1. The third-order valence-electron chi connectivity index (χ3n) is 2.69. The number of fused-ring (bicyclic) bond motifs is 1. The summed E-state index contributed by atoms with van der Waals surface area (Å²) in [4.78, 5) is 25.9. The first-order valence-electron chi connectivity index (χ1n) is 5.36. The molecule has 0 aliphatic heterocycles. The molecule has 19 heavy (non-hydrogen) atoms. The van der Waals surface area contributed by atoms with Gasteiger partial charge >= 0.3 is 5.97 Å². The Morgan fingerprint density at radius 1 is 1.21 bits per heavy atom. The number of carboxylic acid groups (broad SMARTS) is 1. The van der Waals surface area contributed by atoms with Gasteiger partial charge in [0.05, 0.1) is 25.3 Å². The zero-order valence-electron chi connectivity index (χ0n) is 10.3. The lowest BCUT2D eigenvalue weighted by Gasteiger charge is -2.09. The Morgan fingerprint density at radius 3 is 2.37 bits per heavy atom. The van der Waals surface area contributed by atoms with Crippen LogP contribution in [0.4, 0.5) is 0 Å². The second-order valence-corrected chi connectivity index (χ2v) is 3.74. The fraction of sp³-hybridized carbons (Fsp3) is 0.154. The van der Waals surface area contributed by atoms with Crippen LogP contribution in [0.2, 0.25) is 0 Å². The van der Waals surface area contributed by atoms with E-state index in [0.717, 1.165) is 0 Å². The van der Waals surface area contributed by atoms with Gasteiger partial charge in [-0.1, -0.05) is 0 Å². The molecule has 1 aromatic carbocycles. The standard InChI is InChI=1S/C13H11NO5/c1-18-11-4-7-3-8(13(16)17)10(6-15)14-9(7)5-12(11)19-2/h3-6H,1-2H3,(H,16,17). The van der Waals surface area contributed by atoms with Crippen LogP contribution < -0.4 is 9.47 Å². The fourth-order valence-corrected chi connectivity index (χ4v) is 1.78. The Kier molecular flexibility index (Phi) is 3.33. The van der Waals surface area contributed by atoms with Gasteiger partial charge in [0.15, 0.2) is 17.8 Å². The Bertz CT molecular complexity index is 666. The molecule has 2 rings (SSSR count). The molecule has 0 atom stereocenters. The monoisotopic (exact) mass is 261 g/mol. The Morgan fingerprint density at radius 2 is 1.84 bits per heavy atom. The third kappa shape index (κ3) is 2.20. The average Bonchev–Trinajstić information content (AvgIpc) is 2.43. The van der Waals surface area contributed by atoms with E-state index >= 15 is 0 Å². The Balaban J connectivity index is 2.77. The number of rotatable bonds is 4. The highest BCUT2D eigenvalue weighted by molar-refractivity contribution is 6.00. The zero-order valence-corrected chi connectivity index (χ0v) is 10.3. The van der Waals surface area contributed by atoms with Crippen molar-refractivity contribution in [3.8, 4) is 11.5 Å². The van der Waals surface area contributed by atoms with Crippen molar-refractivity contribution in [2.45, 2.75) is 0 Å². The van der Waals surface area contributed by atoms with Crippen LogP contribution in [0.25, 0.3) is 10.9 Å². The molecule has 6 heteroatoms. The van der Waals surface area contributed by atoms with E-state index in [-0.39, 0.29) is 11.3 Å². The third-order valence-corrected chi connectivity index (χ3v) is 2.69. The van der Waals surface area contributed by atoms with E-state index in [9.17, 15) is 9.59 Å².